The zero-order valence-corrected chi connectivity index (χ0v) is 14.8. The lowest BCUT2D eigenvalue weighted by molar-refractivity contribution is -0.159. The van der Waals surface area contributed by atoms with Crippen LogP contribution in [0.4, 0.5) is 10.5 Å². The molecule has 1 amide bonds. The third-order valence-corrected chi connectivity index (χ3v) is 4.88. The lowest BCUT2D eigenvalue weighted by atomic mass is 10.1. The summed E-state index contributed by atoms with van der Waals surface area (Å²) >= 11 is 7.10. The summed E-state index contributed by atoms with van der Waals surface area (Å²) in [5.74, 6) is -0.270. The second-order valence-corrected chi connectivity index (χ2v) is 7.02. The summed E-state index contributed by atoms with van der Waals surface area (Å²) in [7, 11) is 0. The van der Waals surface area contributed by atoms with Crippen LogP contribution in [0.2, 0.25) is 5.02 Å². The van der Waals surface area contributed by atoms with Gasteiger partial charge in [-0.1, -0.05) is 53.7 Å². The summed E-state index contributed by atoms with van der Waals surface area (Å²) in [4.78, 5) is 12.0. The molecule has 6 heteroatoms. The van der Waals surface area contributed by atoms with Crippen LogP contribution in [0.5, 0.6) is 0 Å². The van der Waals surface area contributed by atoms with Gasteiger partial charge in [-0.15, -0.1) is 0 Å². The molecule has 1 heterocycles. The van der Waals surface area contributed by atoms with Gasteiger partial charge in [0.1, 0.15) is 0 Å². The molecule has 0 spiro atoms. The van der Waals surface area contributed by atoms with Crippen molar-refractivity contribution in [1.82, 2.24) is 0 Å². The number of para-hydroxylation sites is 1. The van der Waals surface area contributed by atoms with Crippen LogP contribution in [0.3, 0.4) is 0 Å². The van der Waals surface area contributed by atoms with E-state index < -0.39 is 5.79 Å². The SMILES string of the molecule is CC1(c2ccc(Cl)cc2)OCC(CSC(=O)Nc2ccccc2)O1. The van der Waals surface area contributed by atoms with Gasteiger partial charge in [0, 0.05) is 22.0 Å². The largest absolute Gasteiger partial charge is 0.343 e. The highest BCUT2D eigenvalue weighted by molar-refractivity contribution is 8.13. The number of benzene rings is 2. The summed E-state index contributed by atoms with van der Waals surface area (Å²) in [6, 6.07) is 16.8. The molecule has 1 N–H and O–H groups in total. The highest BCUT2D eigenvalue weighted by atomic mass is 35.5. The normalized spacial score (nSPS) is 23.2. The number of hydrogen-bond donors (Lipinski definition) is 1. The summed E-state index contributed by atoms with van der Waals surface area (Å²) in [5, 5.41) is 3.40. The van der Waals surface area contributed by atoms with Crippen LogP contribution in [-0.4, -0.2) is 23.7 Å². The molecule has 126 valence electrons. The lowest BCUT2D eigenvalue weighted by Gasteiger charge is -2.23. The second-order valence-electron chi connectivity index (χ2n) is 5.59. The summed E-state index contributed by atoms with van der Waals surface area (Å²) < 4.78 is 11.8. The van der Waals surface area contributed by atoms with Gasteiger partial charge in [-0.25, -0.2) is 0 Å². The molecule has 2 aromatic carbocycles. The number of anilines is 1. The smallest absolute Gasteiger partial charge is 0.283 e. The van der Waals surface area contributed by atoms with Gasteiger partial charge in [-0.2, -0.15) is 0 Å². The Morgan fingerprint density at radius 2 is 1.96 bits per heavy atom. The summed E-state index contributed by atoms with van der Waals surface area (Å²) in [6.45, 7) is 2.33. The van der Waals surface area contributed by atoms with Crippen LogP contribution in [0.25, 0.3) is 0 Å². The number of carbonyl (C=O) groups excluding carboxylic acids is 1. The number of rotatable bonds is 4. The topological polar surface area (TPSA) is 47.6 Å². The van der Waals surface area contributed by atoms with Crippen LogP contribution < -0.4 is 5.32 Å². The fraction of sp³-hybridized carbons (Fsp3) is 0.278. The van der Waals surface area contributed by atoms with E-state index in [1.807, 2.05) is 61.5 Å². The Hall–Kier alpha value is -1.53. The number of ether oxygens (including phenoxy) is 2. The van der Waals surface area contributed by atoms with E-state index in [1.54, 1.807) is 0 Å². The van der Waals surface area contributed by atoms with Gasteiger partial charge in [-0.3, -0.25) is 4.79 Å². The minimum absolute atomic E-state index is 0.107. The highest BCUT2D eigenvalue weighted by Gasteiger charge is 2.38. The molecule has 1 saturated heterocycles. The molecule has 0 aliphatic carbocycles. The van der Waals surface area contributed by atoms with E-state index in [1.165, 1.54) is 11.8 Å². The monoisotopic (exact) mass is 363 g/mol. The van der Waals surface area contributed by atoms with Gasteiger partial charge < -0.3 is 14.8 Å². The lowest BCUT2D eigenvalue weighted by Crippen LogP contribution is -2.24. The summed E-state index contributed by atoms with van der Waals surface area (Å²) in [6.07, 6.45) is -0.141. The van der Waals surface area contributed by atoms with Gasteiger partial charge in [0.05, 0.1) is 12.7 Å². The second kappa shape index (κ2) is 7.57. The number of carbonyl (C=O) groups is 1. The van der Waals surface area contributed by atoms with Crippen molar-refractivity contribution in [3.05, 3.63) is 65.2 Å². The first-order chi connectivity index (χ1) is 11.5. The maximum Gasteiger partial charge on any atom is 0.283 e. The van der Waals surface area contributed by atoms with Crippen molar-refractivity contribution < 1.29 is 14.3 Å². The van der Waals surface area contributed by atoms with Crippen molar-refractivity contribution in [3.63, 3.8) is 0 Å². The Morgan fingerprint density at radius 1 is 1.25 bits per heavy atom. The zero-order chi connectivity index (χ0) is 17.0. The Morgan fingerprint density at radius 3 is 2.67 bits per heavy atom. The Bertz CT molecular complexity index is 695. The Balaban J connectivity index is 1.51. The zero-order valence-electron chi connectivity index (χ0n) is 13.2. The third-order valence-electron chi connectivity index (χ3n) is 3.73. The van der Waals surface area contributed by atoms with Gasteiger partial charge >= 0.3 is 0 Å². The summed E-state index contributed by atoms with van der Waals surface area (Å²) in [5.41, 5.74) is 1.69. The van der Waals surface area contributed by atoms with Crippen molar-refractivity contribution in [2.24, 2.45) is 0 Å². The fourth-order valence-corrected chi connectivity index (χ4v) is 3.29. The van der Waals surface area contributed by atoms with Crippen LogP contribution >= 0.6 is 23.4 Å². The maximum atomic E-state index is 12.0. The van der Waals surface area contributed by atoms with E-state index in [0.717, 1.165) is 11.3 Å². The van der Waals surface area contributed by atoms with E-state index in [-0.39, 0.29) is 11.3 Å². The van der Waals surface area contributed by atoms with Crippen molar-refractivity contribution in [2.75, 3.05) is 17.7 Å². The molecule has 4 nitrogen and oxygen atoms in total. The molecule has 2 atom stereocenters. The number of thioether (sulfide) groups is 1. The first-order valence-corrected chi connectivity index (χ1v) is 8.98. The van der Waals surface area contributed by atoms with Crippen LogP contribution in [0, 0.1) is 0 Å². The quantitative estimate of drug-likeness (QED) is 0.839. The van der Waals surface area contributed by atoms with Gasteiger partial charge in [0.25, 0.3) is 5.24 Å². The molecule has 3 rings (SSSR count). The molecule has 0 bridgehead atoms. The molecular formula is C18H18ClNO3S. The molecule has 2 unspecified atom stereocenters. The predicted molar refractivity (Wildman–Crippen MR) is 97.5 cm³/mol. The van der Waals surface area contributed by atoms with E-state index in [2.05, 4.69) is 5.32 Å². The molecule has 0 aromatic heterocycles. The van der Waals surface area contributed by atoms with Crippen molar-refractivity contribution in [3.8, 4) is 0 Å². The number of nitrogens with one attached hydrogen (secondary N) is 1. The average Bonchev–Trinajstić information content (AvgIpc) is 2.97. The number of amides is 1. The molecule has 0 saturated carbocycles. The van der Waals surface area contributed by atoms with Crippen molar-refractivity contribution in [1.29, 1.82) is 0 Å². The fourth-order valence-electron chi connectivity index (χ4n) is 2.47. The third kappa shape index (κ3) is 4.30. The van der Waals surface area contributed by atoms with Crippen molar-refractivity contribution in [2.45, 2.75) is 18.8 Å². The number of halogens is 1. The van der Waals surface area contributed by atoms with Gasteiger partial charge in [0.2, 0.25) is 0 Å². The Labute approximate surface area is 150 Å². The van der Waals surface area contributed by atoms with Crippen LogP contribution in [-0.2, 0) is 15.3 Å². The minimum Gasteiger partial charge on any atom is -0.343 e. The molecular weight excluding hydrogens is 346 g/mol. The maximum absolute atomic E-state index is 12.0. The van der Waals surface area contributed by atoms with Gasteiger partial charge in [-0.05, 0) is 31.2 Å². The molecule has 1 fully saturated rings. The van der Waals surface area contributed by atoms with Crippen LogP contribution in [0.15, 0.2) is 54.6 Å². The first kappa shape index (κ1) is 17.3. The highest BCUT2D eigenvalue weighted by Crippen LogP contribution is 2.35. The molecule has 0 radical (unpaired) electrons. The van der Waals surface area contributed by atoms with E-state index in [4.69, 9.17) is 21.1 Å². The minimum atomic E-state index is -0.800. The first-order valence-electron chi connectivity index (χ1n) is 7.62. The van der Waals surface area contributed by atoms with Crippen LogP contribution in [0.1, 0.15) is 12.5 Å². The van der Waals surface area contributed by atoms with E-state index in [0.29, 0.717) is 17.4 Å². The molecule has 1 aliphatic heterocycles. The van der Waals surface area contributed by atoms with E-state index >= 15 is 0 Å². The predicted octanol–water partition coefficient (Wildman–Crippen LogP) is 4.89. The van der Waals surface area contributed by atoms with Gasteiger partial charge in [0.15, 0.2) is 5.79 Å². The molecule has 24 heavy (non-hydrogen) atoms. The Kier molecular flexibility index (Phi) is 5.46. The molecule has 1 aliphatic rings. The average molecular weight is 364 g/mol. The standard InChI is InChI=1S/C18H18ClNO3S/c1-18(13-7-9-14(19)10-8-13)22-11-16(23-18)12-24-17(21)20-15-5-3-2-4-6-15/h2-10,16H,11-12H2,1H3,(H,20,21). The van der Waals surface area contributed by atoms with E-state index in [9.17, 15) is 4.79 Å². The molecule has 2 aromatic rings. The number of hydrogen-bond acceptors (Lipinski definition) is 4. The van der Waals surface area contributed by atoms with Crippen molar-refractivity contribution >= 4 is 34.3 Å².